The Hall–Kier alpha value is -1.68. The van der Waals surface area contributed by atoms with E-state index in [9.17, 15) is 0 Å². The largest absolute Gasteiger partial charge is 0.121 e. The Labute approximate surface area is 204 Å². The average Bonchev–Trinajstić information content (AvgIpc) is 2.87. The standard InChI is InChI=1S/C28H26Cl2P2/c29-27(21-22-31(23-13-5-1-6-14-23)24-15-7-2-8-16-24)28(30)32(25-17-9-3-10-18-25)26-19-11-4-12-20-26/h1-20,27-28H,21-22H2. The van der Waals surface area contributed by atoms with Crippen molar-refractivity contribution in [3.8, 4) is 0 Å². The third-order valence-electron chi connectivity index (χ3n) is 5.38. The molecule has 0 heterocycles. The van der Waals surface area contributed by atoms with Crippen molar-refractivity contribution in [3.05, 3.63) is 121 Å². The van der Waals surface area contributed by atoms with Gasteiger partial charge in [-0.15, -0.1) is 23.2 Å². The van der Waals surface area contributed by atoms with E-state index < -0.39 is 15.8 Å². The lowest BCUT2D eigenvalue weighted by molar-refractivity contribution is 0.878. The molecule has 0 aliphatic carbocycles. The van der Waals surface area contributed by atoms with Gasteiger partial charge in [0.25, 0.3) is 0 Å². The number of alkyl halides is 2. The molecule has 0 saturated heterocycles. The second-order valence-corrected chi connectivity index (χ2v) is 13.5. The first-order valence-electron chi connectivity index (χ1n) is 10.8. The molecule has 2 atom stereocenters. The maximum absolute atomic E-state index is 7.15. The molecule has 162 valence electrons. The highest BCUT2D eigenvalue weighted by atomic mass is 35.5. The van der Waals surface area contributed by atoms with Crippen molar-refractivity contribution in [2.75, 3.05) is 6.16 Å². The molecule has 4 aromatic carbocycles. The van der Waals surface area contributed by atoms with E-state index in [0.29, 0.717) is 0 Å². The Morgan fingerprint density at radius 2 is 0.844 bits per heavy atom. The van der Waals surface area contributed by atoms with Crippen LogP contribution in [0.1, 0.15) is 6.42 Å². The van der Waals surface area contributed by atoms with Gasteiger partial charge in [0, 0.05) is 0 Å². The van der Waals surface area contributed by atoms with Crippen LogP contribution < -0.4 is 21.2 Å². The van der Waals surface area contributed by atoms with Gasteiger partial charge in [0.15, 0.2) is 0 Å². The van der Waals surface area contributed by atoms with Crippen molar-refractivity contribution >= 4 is 60.3 Å². The predicted octanol–water partition coefficient (Wildman–Crippen LogP) is 6.81. The lowest BCUT2D eigenvalue weighted by Gasteiger charge is -2.28. The minimum absolute atomic E-state index is 0.111. The van der Waals surface area contributed by atoms with Crippen LogP contribution in [0.2, 0.25) is 0 Å². The summed E-state index contributed by atoms with van der Waals surface area (Å²) in [6, 6.07) is 42.8. The molecule has 0 nitrogen and oxygen atoms in total. The maximum atomic E-state index is 7.15. The smallest absolute Gasteiger partial charge is 0.0779 e. The number of hydrogen-bond donors (Lipinski definition) is 0. The van der Waals surface area contributed by atoms with Crippen molar-refractivity contribution in [2.45, 2.75) is 16.9 Å². The van der Waals surface area contributed by atoms with Crippen LogP contribution in [0.3, 0.4) is 0 Å². The third kappa shape index (κ3) is 6.01. The quantitative estimate of drug-likeness (QED) is 0.177. The number of hydrogen-bond acceptors (Lipinski definition) is 0. The fourth-order valence-corrected chi connectivity index (χ4v) is 9.93. The minimum Gasteiger partial charge on any atom is -0.121 e. The molecule has 4 aromatic rings. The second-order valence-electron chi connectivity index (χ2n) is 7.54. The van der Waals surface area contributed by atoms with E-state index >= 15 is 0 Å². The molecule has 0 fully saturated rings. The SMILES string of the molecule is ClC(CCP(c1ccccc1)c1ccccc1)C(Cl)P(c1ccccc1)c1ccccc1. The molecule has 32 heavy (non-hydrogen) atoms. The summed E-state index contributed by atoms with van der Waals surface area (Å²) >= 11 is 14.2. The number of benzene rings is 4. The monoisotopic (exact) mass is 494 g/mol. The summed E-state index contributed by atoms with van der Waals surface area (Å²) in [4.78, 5) is 0. The highest BCUT2D eigenvalue weighted by Gasteiger charge is 2.29. The van der Waals surface area contributed by atoms with Crippen molar-refractivity contribution in [1.82, 2.24) is 0 Å². The summed E-state index contributed by atoms with van der Waals surface area (Å²) in [5.41, 5.74) is 0. The van der Waals surface area contributed by atoms with Crippen molar-refractivity contribution in [1.29, 1.82) is 0 Å². The molecule has 0 N–H and O–H groups in total. The van der Waals surface area contributed by atoms with E-state index in [1.54, 1.807) is 0 Å². The van der Waals surface area contributed by atoms with E-state index in [1.165, 1.54) is 21.2 Å². The highest BCUT2D eigenvalue weighted by Crippen LogP contribution is 2.46. The van der Waals surface area contributed by atoms with Crippen molar-refractivity contribution in [2.24, 2.45) is 0 Å². The summed E-state index contributed by atoms with van der Waals surface area (Å²) in [6.45, 7) is 0. The Bertz CT molecular complexity index is 981. The first-order valence-corrected chi connectivity index (χ1v) is 14.6. The number of rotatable bonds is 9. The lowest BCUT2D eigenvalue weighted by Crippen LogP contribution is -2.26. The molecule has 0 aliphatic rings. The molecule has 4 rings (SSSR count). The van der Waals surface area contributed by atoms with Crippen LogP contribution in [0, 0.1) is 0 Å². The molecule has 0 amide bonds. The molecule has 4 heteroatoms. The summed E-state index contributed by atoms with van der Waals surface area (Å²) < 4.78 is 0. The number of halogens is 2. The van der Waals surface area contributed by atoms with E-state index in [0.717, 1.165) is 12.6 Å². The Morgan fingerprint density at radius 3 is 1.22 bits per heavy atom. The van der Waals surface area contributed by atoms with Gasteiger partial charge in [-0.05, 0) is 49.6 Å². The van der Waals surface area contributed by atoms with Gasteiger partial charge in [-0.25, -0.2) is 0 Å². The normalized spacial score (nSPS) is 13.2. The highest BCUT2D eigenvalue weighted by molar-refractivity contribution is 7.75. The summed E-state index contributed by atoms with van der Waals surface area (Å²) in [5.74, 6) is 0. The third-order valence-corrected chi connectivity index (χ3v) is 12.2. The van der Waals surface area contributed by atoms with Crippen LogP contribution in [0.25, 0.3) is 0 Å². The topological polar surface area (TPSA) is 0 Å². The molecule has 0 radical (unpaired) electrons. The first-order chi connectivity index (χ1) is 15.7. The Morgan fingerprint density at radius 1 is 0.500 bits per heavy atom. The van der Waals surface area contributed by atoms with E-state index in [4.69, 9.17) is 23.2 Å². The maximum Gasteiger partial charge on any atom is 0.0779 e. The second kappa shape index (κ2) is 12.0. The molecule has 0 aromatic heterocycles. The molecular formula is C28H26Cl2P2. The lowest BCUT2D eigenvalue weighted by atomic mass is 10.3. The van der Waals surface area contributed by atoms with Gasteiger partial charge in [-0.3, -0.25) is 0 Å². The zero-order valence-electron chi connectivity index (χ0n) is 17.8. The summed E-state index contributed by atoms with van der Waals surface area (Å²) in [7, 11) is -1.22. The van der Waals surface area contributed by atoms with Crippen molar-refractivity contribution < 1.29 is 0 Å². The Balaban J connectivity index is 1.55. The molecule has 0 spiro atoms. The first kappa shape index (κ1) is 23.5. The molecule has 0 aliphatic heterocycles. The zero-order chi connectivity index (χ0) is 22.2. The van der Waals surface area contributed by atoms with Crippen molar-refractivity contribution in [3.63, 3.8) is 0 Å². The van der Waals surface area contributed by atoms with Gasteiger partial charge in [0.1, 0.15) is 0 Å². The van der Waals surface area contributed by atoms with Crippen LogP contribution in [-0.2, 0) is 0 Å². The molecular weight excluding hydrogens is 469 g/mol. The van der Waals surface area contributed by atoms with Crippen LogP contribution >= 0.6 is 39.0 Å². The van der Waals surface area contributed by atoms with Gasteiger partial charge >= 0.3 is 0 Å². The Kier molecular flexibility index (Phi) is 8.78. The summed E-state index contributed by atoms with van der Waals surface area (Å²) in [6.07, 6.45) is 1.90. The predicted molar refractivity (Wildman–Crippen MR) is 147 cm³/mol. The molecule has 0 bridgehead atoms. The molecule has 2 unspecified atom stereocenters. The van der Waals surface area contributed by atoms with Gasteiger partial charge < -0.3 is 0 Å². The fourth-order valence-electron chi connectivity index (χ4n) is 3.79. The zero-order valence-corrected chi connectivity index (χ0v) is 21.1. The van der Waals surface area contributed by atoms with Crippen LogP contribution in [0.5, 0.6) is 0 Å². The van der Waals surface area contributed by atoms with Gasteiger partial charge in [0.2, 0.25) is 0 Å². The van der Waals surface area contributed by atoms with Gasteiger partial charge in [-0.2, -0.15) is 0 Å². The van der Waals surface area contributed by atoms with Gasteiger partial charge in [-0.1, -0.05) is 121 Å². The van der Waals surface area contributed by atoms with E-state index in [1.807, 2.05) is 0 Å². The van der Waals surface area contributed by atoms with Crippen LogP contribution in [0.15, 0.2) is 121 Å². The van der Waals surface area contributed by atoms with E-state index in [2.05, 4.69) is 121 Å². The fraction of sp³-hybridized carbons (Fsp3) is 0.143. The minimum atomic E-state index is -0.750. The molecule has 0 saturated carbocycles. The summed E-state index contributed by atoms with van der Waals surface area (Å²) in [5, 5.41) is 5.06. The average molecular weight is 495 g/mol. The van der Waals surface area contributed by atoms with Crippen LogP contribution in [0.4, 0.5) is 0 Å². The van der Waals surface area contributed by atoms with Crippen LogP contribution in [-0.4, -0.2) is 16.7 Å². The van der Waals surface area contributed by atoms with Gasteiger partial charge in [0.05, 0.1) is 10.5 Å². The van der Waals surface area contributed by atoms with E-state index in [-0.39, 0.29) is 10.5 Å².